The molecule has 0 atom stereocenters. The highest BCUT2D eigenvalue weighted by Crippen LogP contribution is 2.47. The third-order valence-corrected chi connectivity index (χ3v) is 16.5. The maximum Gasteiger partial charge on any atom is 0.124 e. The molecule has 3 aromatic rings. The minimum atomic E-state index is -0.987. The summed E-state index contributed by atoms with van der Waals surface area (Å²) in [5.41, 5.74) is 8.70. The Balaban J connectivity index is 0.000000130. The van der Waals surface area contributed by atoms with E-state index in [9.17, 15) is 0 Å². The van der Waals surface area contributed by atoms with E-state index in [1.807, 2.05) is 19.0 Å². The molecule has 0 aliphatic heterocycles. The van der Waals surface area contributed by atoms with Gasteiger partial charge in [0.05, 0.1) is 36.1 Å². The lowest BCUT2D eigenvalue weighted by molar-refractivity contribution is 0.0844. The van der Waals surface area contributed by atoms with Crippen molar-refractivity contribution in [2.75, 3.05) is 13.2 Å². The number of H-pyrrole nitrogens is 1. The summed E-state index contributed by atoms with van der Waals surface area (Å²) in [7, 11) is -1.97. The molecule has 8 nitrogen and oxygen atoms in total. The van der Waals surface area contributed by atoms with Crippen LogP contribution >= 0.6 is 0 Å². The van der Waals surface area contributed by atoms with Crippen molar-refractivity contribution in [3.05, 3.63) is 53.1 Å². The molecule has 6 saturated carbocycles. The molecule has 10 heteroatoms. The van der Waals surface area contributed by atoms with Gasteiger partial charge in [0.2, 0.25) is 0 Å². The predicted molar refractivity (Wildman–Crippen MR) is 231 cm³/mol. The summed E-state index contributed by atoms with van der Waals surface area (Å²) in [6.07, 6.45) is 30.5. The molecule has 0 spiro atoms. The van der Waals surface area contributed by atoms with Gasteiger partial charge in [-0.2, -0.15) is 0 Å². The normalized spacial score (nSPS) is 21.2. The molecule has 306 valence electrons. The van der Waals surface area contributed by atoms with Gasteiger partial charge in [0.1, 0.15) is 13.5 Å². The van der Waals surface area contributed by atoms with Crippen molar-refractivity contribution in [3.63, 3.8) is 0 Å². The Morgan fingerprint density at radius 2 is 0.891 bits per heavy atom. The molecule has 0 aromatic carbocycles. The Morgan fingerprint density at radius 3 is 1.31 bits per heavy atom. The molecule has 0 amide bonds. The molecule has 55 heavy (non-hydrogen) atoms. The molecule has 6 fully saturated rings. The van der Waals surface area contributed by atoms with Crippen molar-refractivity contribution < 1.29 is 9.47 Å². The second kappa shape index (κ2) is 18.7. The van der Waals surface area contributed by atoms with E-state index in [0.717, 1.165) is 48.7 Å². The average molecular weight is 789 g/mol. The summed E-state index contributed by atoms with van der Waals surface area (Å²) in [5, 5.41) is 0. The van der Waals surface area contributed by atoms with E-state index in [0.29, 0.717) is 13.5 Å². The van der Waals surface area contributed by atoms with E-state index in [2.05, 4.69) is 58.4 Å². The van der Waals surface area contributed by atoms with Crippen molar-refractivity contribution in [1.29, 1.82) is 0 Å². The Bertz CT molecular complexity index is 1600. The summed E-state index contributed by atoms with van der Waals surface area (Å²) < 4.78 is 16.5. The highest BCUT2D eigenvalue weighted by molar-refractivity contribution is 6.76. The average Bonchev–Trinajstić information content (AvgIpc) is 3.99. The van der Waals surface area contributed by atoms with Gasteiger partial charge in [-0.25, -0.2) is 15.0 Å². The zero-order valence-electron chi connectivity index (χ0n) is 35.7. The number of nitrogens with one attached hydrogen (secondary N) is 1. The fourth-order valence-corrected chi connectivity index (χ4v) is 10.8. The number of aromatic amines is 1. The molecule has 3 aromatic heterocycles. The third kappa shape index (κ3) is 12.0. The highest BCUT2D eigenvalue weighted by Gasteiger charge is 2.35. The van der Waals surface area contributed by atoms with E-state index in [1.165, 1.54) is 162 Å². The third-order valence-electron chi connectivity index (χ3n) is 13.1. The second-order valence-electron chi connectivity index (χ2n) is 20.6. The number of hydrogen-bond acceptors (Lipinski definition) is 5. The van der Waals surface area contributed by atoms with Crippen LogP contribution in [0.15, 0.2) is 19.0 Å². The van der Waals surface area contributed by atoms with Gasteiger partial charge in [-0.1, -0.05) is 77.8 Å². The van der Waals surface area contributed by atoms with Crippen LogP contribution in [0, 0.1) is 0 Å². The Hall–Kier alpha value is -2.02. The quantitative estimate of drug-likeness (QED) is 0.115. The first kappa shape index (κ1) is 41.2. The van der Waals surface area contributed by atoms with Gasteiger partial charge in [0.25, 0.3) is 0 Å². The molecule has 0 bridgehead atoms. The number of hydrogen-bond donors (Lipinski definition) is 1. The minimum Gasteiger partial charge on any atom is -0.361 e. The zero-order chi connectivity index (χ0) is 38.4. The second-order valence-corrected chi connectivity index (χ2v) is 31.9. The first-order chi connectivity index (χ1) is 26.5. The topological polar surface area (TPSA) is 82.8 Å². The number of aromatic nitrogens is 6. The van der Waals surface area contributed by atoms with Gasteiger partial charge in [0.15, 0.2) is 0 Å². The number of rotatable bonds is 16. The summed E-state index contributed by atoms with van der Waals surface area (Å²) >= 11 is 0. The van der Waals surface area contributed by atoms with Crippen LogP contribution in [0.4, 0.5) is 0 Å². The van der Waals surface area contributed by atoms with E-state index < -0.39 is 16.1 Å². The van der Waals surface area contributed by atoms with Crippen molar-refractivity contribution in [2.45, 2.75) is 216 Å². The molecule has 6 aliphatic rings. The van der Waals surface area contributed by atoms with Crippen LogP contribution in [0.3, 0.4) is 0 Å². The standard InChI is InChI=1S/2C17H30N2OSi.C11H16N2/c1-21(2,3)11-10-20-13-19-12-18-16(14-8-9-14)17(19)15-6-4-5-7-15;1-21(2,3)11-10-20-13-19-12-18-16(14-6-4-5-7-14)17(19)15-8-9-15;1-2-4-8(3-1)10-11(9-5-6-9)13-7-12-10/h2*12,14-15H,4-11,13H2,1-3H3;7-9H,1-6H2,(H,12,13). The monoisotopic (exact) mass is 789 g/mol. The van der Waals surface area contributed by atoms with Crippen LogP contribution in [0.5, 0.6) is 0 Å². The van der Waals surface area contributed by atoms with Crippen LogP contribution < -0.4 is 0 Å². The first-order valence-corrected chi connectivity index (χ1v) is 30.2. The fraction of sp³-hybridized carbons (Fsp3) is 0.800. The summed E-state index contributed by atoms with van der Waals surface area (Å²) in [4.78, 5) is 17.4. The molecule has 0 saturated heterocycles. The Kier molecular flexibility index (Phi) is 14.0. The lowest BCUT2D eigenvalue weighted by Gasteiger charge is -2.18. The maximum atomic E-state index is 5.97. The molecule has 0 radical (unpaired) electrons. The molecule has 3 heterocycles. The lowest BCUT2D eigenvalue weighted by Crippen LogP contribution is -2.22. The summed E-state index contributed by atoms with van der Waals surface area (Å²) in [6, 6.07) is 2.49. The molecule has 0 unspecified atom stereocenters. The SMILES string of the molecule is C[Si](C)(C)CCOCn1cnc(C2CC2)c1C1CCCC1.C[Si](C)(C)CCOCn1cnc(C2CCCC2)c1C1CC1.c1nc(C2CCCC2)c(C2CC2)[nH]1. The van der Waals surface area contributed by atoms with Crippen LogP contribution in [0.2, 0.25) is 51.4 Å². The van der Waals surface area contributed by atoms with Crippen LogP contribution in [-0.2, 0) is 22.9 Å². The van der Waals surface area contributed by atoms with Crippen LogP contribution in [0.1, 0.15) is 185 Å². The van der Waals surface area contributed by atoms with Gasteiger partial charge < -0.3 is 23.6 Å². The van der Waals surface area contributed by atoms with E-state index in [4.69, 9.17) is 19.4 Å². The van der Waals surface area contributed by atoms with Crippen molar-refractivity contribution >= 4 is 16.1 Å². The molecular weight excluding hydrogens is 713 g/mol. The zero-order valence-corrected chi connectivity index (χ0v) is 37.7. The Labute approximate surface area is 335 Å². The summed E-state index contributed by atoms with van der Waals surface area (Å²) in [6.45, 7) is 17.6. The van der Waals surface area contributed by atoms with Crippen molar-refractivity contribution in [2.24, 2.45) is 0 Å². The largest absolute Gasteiger partial charge is 0.361 e. The van der Waals surface area contributed by atoms with Gasteiger partial charge >= 0.3 is 0 Å². The van der Waals surface area contributed by atoms with Crippen molar-refractivity contribution in [1.82, 2.24) is 29.1 Å². The first-order valence-electron chi connectivity index (χ1n) is 22.8. The number of nitrogens with zero attached hydrogens (tertiary/aromatic N) is 5. The van der Waals surface area contributed by atoms with Crippen LogP contribution in [-0.4, -0.2) is 58.4 Å². The summed E-state index contributed by atoms with van der Waals surface area (Å²) in [5.74, 6) is 4.60. The van der Waals surface area contributed by atoms with Gasteiger partial charge in [-0.3, -0.25) is 0 Å². The van der Waals surface area contributed by atoms with Gasteiger partial charge in [0, 0.05) is 82.0 Å². The Morgan fingerprint density at radius 1 is 0.509 bits per heavy atom. The highest BCUT2D eigenvalue weighted by atomic mass is 28.3. The minimum absolute atomic E-state index is 0.704. The van der Waals surface area contributed by atoms with Gasteiger partial charge in [-0.15, -0.1) is 0 Å². The number of ether oxygens (including phenoxy) is 2. The smallest absolute Gasteiger partial charge is 0.124 e. The maximum absolute atomic E-state index is 5.97. The fourth-order valence-electron chi connectivity index (χ4n) is 9.27. The van der Waals surface area contributed by atoms with E-state index >= 15 is 0 Å². The molecule has 9 rings (SSSR count). The predicted octanol–water partition coefficient (Wildman–Crippen LogP) is 12.4. The molecule has 1 N–H and O–H groups in total. The van der Waals surface area contributed by atoms with Crippen LogP contribution in [0.25, 0.3) is 0 Å². The lowest BCUT2D eigenvalue weighted by atomic mass is 10.00. The number of imidazole rings is 3. The molecular formula is C45H76N6O2Si2. The molecule has 6 aliphatic carbocycles. The van der Waals surface area contributed by atoms with Gasteiger partial charge in [-0.05, 0) is 89.1 Å². The van der Waals surface area contributed by atoms with Crippen molar-refractivity contribution in [3.8, 4) is 0 Å². The van der Waals surface area contributed by atoms with E-state index in [1.54, 1.807) is 0 Å². The van der Waals surface area contributed by atoms with E-state index in [-0.39, 0.29) is 0 Å².